The Morgan fingerprint density at radius 3 is 2.32 bits per heavy atom. The van der Waals surface area contributed by atoms with E-state index in [1.165, 1.54) is 17.3 Å². The third-order valence-corrected chi connectivity index (χ3v) is 4.36. The summed E-state index contributed by atoms with van der Waals surface area (Å²) in [4.78, 5) is 2.56. The van der Waals surface area contributed by atoms with E-state index in [4.69, 9.17) is 0 Å². The molecule has 7 heteroatoms. The Kier molecular flexibility index (Phi) is 3.84. The van der Waals surface area contributed by atoms with Crippen LogP contribution in [0.5, 0.6) is 0 Å². The quantitative estimate of drug-likeness (QED) is 0.904. The number of aromatic nitrogens is 3. The van der Waals surface area contributed by atoms with Crippen molar-refractivity contribution in [2.45, 2.75) is 31.1 Å². The van der Waals surface area contributed by atoms with Crippen LogP contribution in [0.3, 0.4) is 0 Å². The van der Waals surface area contributed by atoms with Crippen molar-refractivity contribution < 1.29 is 8.42 Å². The molecule has 1 heterocycles. The molecule has 0 saturated carbocycles. The second-order valence-corrected chi connectivity index (χ2v) is 6.00. The van der Waals surface area contributed by atoms with E-state index in [-0.39, 0.29) is 4.90 Å². The summed E-state index contributed by atoms with van der Waals surface area (Å²) in [5, 5.41) is 7.07. The lowest BCUT2D eigenvalue weighted by atomic mass is 9.99. The molecule has 0 bridgehead atoms. The molecule has 0 spiro atoms. The fourth-order valence-corrected chi connectivity index (χ4v) is 2.62. The summed E-state index contributed by atoms with van der Waals surface area (Å²) >= 11 is 0. The third-order valence-electron chi connectivity index (χ3n) is 3.02. The first kappa shape index (κ1) is 13.5. The SMILES string of the molecule is CCC(C)c1ccc(S(=O)(=O)Nn2cnnc2)cc1. The van der Waals surface area contributed by atoms with E-state index in [9.17, 15) is 8.42 Å². The Morgan fingerprint density at radius 2 is 1.79 bits per heavy atom. The lowest BCUT2D eigenvalue weighted by Gasteiger charge is -2.11. The zero-order valence-corrected chi connectivity index (χ0v) is 11.6. The molecule has 19 heavy (non-hydrogen) atoms. The predicted octanol–water partition coefficient (Wildman–Crippen LogP) is 1.72. The Bertz CT molecular complexity index is 620. The van der Waals surface area contributed by atoms with Crippen LogP contribution < -0.4 is 4.83 Å². The molecule has 102 valence electrons. The van der Waals surface area contributed by atoms with E-state index >= 15 is 0 Å². The summed E-state index contributed by atoms with van der Waals surface area (Å²) in [6, 6.07) is 6.89. The number of nitrogens with one attached hydrogen (secondary N) is 1. The standard InChI is InChI=1S/C12H16N4O2S/c1-3-10(2)11-4-6-12(7-5-11)19(17,18)15-16-8-13-14-9-16/h4-10,15H,3H2,1-2H3. The van der Waals surface area contributed by atoms with Crippen molar-refractivity contribution in [3.63, 3.8) is 0 Å². The smallest absolute Gasteiger partial charge is 0.221 e. The van der Waals surface area contributed by atoms with Gasteiger partial charge in [-0.1, -0.05) is 26.0 Å². The average Bonchev–Trinajstić information content (AvgIpc) is 2.90. The Balaban J connectivity index is 2.21. The van der Waals surface area contributed by atoms with Crippen molar-refractivity contribution in [3.8, 4) is 0 Å². The lowest BCUT2D eigenvalue weighted by molar-refractivity contribution is 0.595. The van der Waals surface area contributed by atoms with Gasteiger partial charge in [-0.25, -0.2) is 9.51 Å². The summed E-state index contributed by atoms with van der Waals surface area (Å²) < 4.78 is 25.3. The number of rotatable bonds is 5. The first-order valence-corrected chi connectivity index (χ1v) is 7.48. The van der Waals surface area contributed by atoms with Crippen molar-refractivity contribution >= 4 is 10.0 Å². The predicted molar refractivity (Wildman–Crippen MR) is 71.7 cm³/mol. The van der Waals surface area contributed by atoms with Gasteiger partial charge in [0.05, 0.1) is 4.90 Å². The van der Waals surface area contributed by atoms with Crippen molar-refractivity contribution in [2.75, 3.05) is 4.83 Å². The van der Waals surface area contributed by atoms with Crippen LogP contribution in [-0.2, 0) is 10.0 Å². The third kappa shape index (κ3) is 3.11. The number of nitrogens with zero attached hydrogens (tertiary/aromatic N) is 3. The van der Waals surface area contributed by atoms with Crippen molar-refractivity contribution in [1.82, 2.24) is 14.9 Å². The number of hydrogen-bond donors (Lipinski definition) is 1. The summed E-state index contributed by atoms with van der Waals surface area (Å²) in [7, 11) is -3.60. The molecular weight excluding hydrogens is 264 g/mol. The second-order valence-electron chi connectivity index (χ2n) is 4.34. The summed E-state index contributed by atoms with van der Waals surface area (Å²) in [5.74, 6) is 0.419. The van der Waals surface area contributed by atoms with Gasteiger partial charge in [0.15, 0.2) is 0 Å². The minimum atomic E-state index is -3.60. The van der Waals surface area contributed by atoms with E-state index in [0.29, 0.717) is 5.92 Å². The van der Waals surface area contributed by atoms with Gasteiger partial charge in [-0.3, -0.25) is 0 Å². The summed E-state index contributed by atoms with van der Waals surface area (Å²) in [6.07, 6.45) is 3.58. The van der Waals surface area contributed by atoms with Crippen LogP contribution in [0.1, 0.15) is 31.7 Å². The van der Waals surface area contributed by atoms with Crippen LogP contribution in [0.15, 0.2) is 41.8 Å². The van der Waals surface area contributed by atoms with Crippen LogP contribution in [0.4, 0.5) is 0 Å². The van der Waals surface area contributed by atoms with E-state index in [1.54, 1.807) is 12.1 Å². The normalized spacial score (nSPS) is 13.2. The Morgan fingerprint density at radius 1 is 1.21 bits per heavy atom. The van der Waals surface area contributed by atoms with Crippen LogP contribution in [0, 0.1) is 0 Å². The maximum atomic E-state index is 12.1. The highest BCUT2D eigenvalue weighted by Crippen LogP contribution is 2.20. The largest absolute Gasteiger partial charge is 0.275 e. The van der Waals surface area contributed by atoms with Gasteiger partial charge in [0.2, 0.25) is 0 Å². The fraction of sp³-hybridized carbons (Fsp3) is 0.333. The van der Waals surface area contributed by atoms with Crippen LogP contribution in [0.2, 0.25) is 0 Å². The van der Waals surface area contributed by atoms with Gasteiger partial charge in [-0.05, 0) is 30.0 Å². The molecule has 0 amide bonds. The molecule has 1 unspecified atom stereocenters. The highest BCUT2D eigenvalue weighted by atomic mass is 32.2. The molecule has 0 fully saturated rings. The first-order valence-electron chi connectivity index (χ1n) is 6.00. The van der Waals surface area contributed by atoms with Crippen molar-refractivity contribution in [2.24, 2.45) is 0 Å². The molecule has 2 rings (SSSR count). The van der Waals surface area contributed by atoms with E-state index in [1.807, 2.05) is 12.1 Å². The van der Waals surface area contributed by atoms with Crippen molar-refractivity contribution in [1.29, 1.82) is 0 Å². The molecule has 0 aliphatic rings. The molecule has 1 aromatic carbocycles. The van der Waals surface area contributed by atoms with Gasteiger partial charge < -0.3 is 0 Å². The molecule has 0 aliphatic heterocycles. The van der Waals surface area contributed by atoms with Gasteiger partial charge >= 0.3 is 0 Å². The maximum Gasteiger partial charge on any atom is 0.275 e. The van der Waals surface area contributed by atoms with Gasteiger partial charge in [0, 0.05) is 0 Å². The van der Waals surface area contributed by atoms with Gasteiger partial charge in [-0.15, -0.1) is 10.2 Å². The Labute approximate surface area is 112 Å². The molecule has 6 nitrogen and oxygen atoms in total. The zero-order valence-electron chi connectivity index (χ0n) is 10.8. The minimum Gasteiger partial charge on any atom is -0.221 e. The molecular formula is C12H16N4O2S. The van der Waals surface area contributed by atoms with Crippen LogP contribution in [-0.4, -0.2) is 23.3 Å². The molecule has 0 aliphatic carbocycles. The first-order chi connectivity index (χ1) is 9.03. The van der Waals surface area contributed by atoms with Crippen LogP contribution in [0.25, 0.3) is 0 Å². The van der Waals surface area contributed by atoms with E-state index in [2.05, 4.69) is 28.9 Å². The minimum absolute atomic E-state index is 0.216. The van der Waals surface area contributed by atoms with E-state index in [0.717, 1.165) is 12.0 Å². The lowest BCUT2D eigenvalue weighted by Crippen LogP contribution is -2.22. The van der Waals surface area contributed by atoms with Crippen LogP contribution >= 0.6 is 0 Å². The number of hydrogen-bond acceptors (Lipinski definition) is 4. The van der Waals surface area contributed by atoms with Gasteiger partial charge in [0.25, 0.3) is 10.0 Å². The van der Waals surface area contributed by atoms with Crippen molar-refractivity contribution in [3.05, 3.63) is 42.5 Å². The maximum absolute atomic E-state index is 12.1. The highest BCUT2D eigenvalue weighted by molar-refractivity contribution is 7.92. The second kappa shape index (κ2) is 5.40. The zero-order chi connectivity index (χ0) is 13.9. The van der Waals surface area contributed by atoms with E-state index < -0.39 is 10.0 Å². The number of benzene rings is 1. The average molecular weight is 280 g/mol. The topological polar surface area (TPSA) is 76.9 Å². The summed E-state index contributed by atoms with van der Waals surface area (Å²) in [5.41, 5.74) is 1.13. The van der Waals surface area contributed by atoms with Gasteiger partial charge in [0.1, 0.15) is 12.7 Å². The molecule has 1 atom stereocenters. The number of sulfonamides is 1. The summed E-state index contributed by atoms with van der Waals surface area (Å²) in [6.45, 7) is 4.21. The molecule has 2 aromatic rings. The molecule has 1 N–H and O–H groups in total. The van der Waals surface area contributed by atoms with Gasteiger partial charge in [-0.2, -0.15) is 8.42 Å². The fourth-order valence-electron chi connectivity index (χ4n) is 1.65. The highest BCUT2D eigenvalue weighted by Gasteiger charge is 2.14. The molecule has 0 saturated heterocycles. The monoisotopic (exact) mass is 280 g/mol. The molecule has 0 radical (unpaired) electrons. The Hall–Kier alpha value is -1.89. The molecule has 1 aromatic heterocycles.